The van der Waals surface area contributed by atoms with E-state index in [1.165, 1.54) is 24.3 Å². The average molecular weight is 236 g/mol. The molecule has 84 valence electrons. The fourth-order valence-electron chi connectivity index (χ4n) is 1.23. The van der Waals surface area contributed by atoms with E-state index >= 15 is 0 Å². The molecule has 2 aliphatic rings. The second-order valence-corrected chi connectivity index (χ2v) is 6.14. The molecule has 0 aromatic carbocycles. The van der Waals surface area contributed by atoms with Gasteiger partial charge in [0.2, 0.25) is 0 Å². The summed E-state index contributed by atoms with van der Waals surface area (Å²) in [6, 6.07) is 0. The lowest BCUT2D eigenvalue weighted by Gasteiger charge is -2.05. The predicted molar refractivity (Wildman–Crippen MR) is 65.0 cm³/mol. The van der Waals surface area contributed by atoms with Gasteiger partial charge in [0.05, 0.1) is 12.0 Å². The Kier molecular flexibility index (Phi) is 7.12. The van der Waals surface area contributed by atoms with Crippen LogP contribution in [0.4, 0.5) is 0 Å². The predicted octanol–water partition coefficient (Wildman–Crippen LogP) is 2.97. The third-order valence-electron chi connectivity index (χ3n) is 2.03. The first kappa shape index (κ1) is 12.7. The van der Waals surface area contributed by atoms with Gasteiger partial charge >= 0.3 is 0 Å². The van der Waals surface area contributed by atoms with Gasteiger partial charge in [0.1, 0.15) is 5.44 Å². The van der Waals surface area contributed by atoms with Crippen molar-refractivity contribution in [3.8, 4) is 0 Å². The molecule has 4 heteroatoms. The summed E-state index contributed by atoms with van der Waals surface area (Å²) in [4.78, 5) is 0. The standard InChI is InChI=1S/C6H12OS.C4H8OS/c1-6-7-4-2-3-5-8-6;1-4-5-2-3-6-4/h6H,2-5H2,1H3;4H,2-3H2,1H3. The Hall–Kier alpha value is 0.620. The van der Waals surface area contributed by atoms with E-state index in [0.29, 0.717) is 10.9 Å². The van der Waals surface area contributed by atoms with Crippen molar-refractivity contribution in [1.82, 2.24) is 0 Å². The Morgan fingerprint density at radius 1 is 0.857 bits per heavy atom. The molecule has 0 saturated carbocycles. The summed E-state index contributed by atoms with van der Waals surface area (Å²) < 4.78 is 10.5. The summed E-state index contributed by atoms with van der Waals surface area (Å²) in [6.07, 6.45) is 2.58. The molecule has 0 spiro atoms. The second kappa shape index (κ2) is 7.85. The molecule has 14 heavy (non-hydrogen) atoms. The number of hydrogen-bond acceptors (Lipinski definition) is 4. The van der Waals surface area contributed by atoms with Crippen LogP contribution in [0.3, 0.4) is 0 Å². The van der Waals surface area contributed by atoms with Crippen molar-refractivity contribution in [2.45, 2.75) is 37.6 Å². The molecule has 0 N–H and O–H groups in total. The average Bonchev–Trinajstić information content (AvgIpc) is 2.51. The van der Waals surface area contributed by atoms with Gasteiger partial charge in [0, 0.05) is 12.4 Å². The summed E-state index contributed by atoms with van der Waals surface area (Å²) >= 11 is 3.79. The largest absolute Gasteiger partial charge is 0.368 e. The maximum Gasteiger partial charge on any atom is 0.100 e. The molecule has 2 aliphatic heterocycles. The summed E-state index contributed by atoms with van der Waals surface area (Å²) in [5.74, 6) is 2.46. The van der Waals surface area contributed by atoms with E-state index in [1.54, 1.807) is 0 Å². The quantitative estimate of drug-likeness (QED) is 0.643. The van der Waals surface area contributed by atoms with Gasteiger partial charge in [-0.2, -0.15) is 0 Å². The van der Waals surface area contributed by atoms with E-state index in [-0.39, 0.29) is 0 Å². The lowest BCUT2D eigenvalue weighted by Crippen LogP contribution is -2.00. The van der Waals surface area contributed by atoms with E-state index in [4.69, 9.17) is 9.47 Å². The van der Waals surface area contributed by atoms with Crippen LogP contribution in [-0.4, -0.2) is 35.6 Å². The van der Waals surface area contributed by atoms with Gasteiger partial charge in [0.15, 0.2) is 0 Å². The summed E-state index contributed by atoms with van der Waals surface area (Å²) in [6.45, 7) is 6.12. The van der Waals surface area contributed by atoms with Crippen molar-refractivity contribution in [3.63, 3.8) is 0 Å². The molecule has 2 fully saturated rings. The molecular formula is C10H20O2S2. The van der Waals surface area contributed by atoms with Crippen LogP contribution in [0, 0.1) is 0 Å². The van der Waals surface area contributed by atoms with Gasteiger partial charge in [-0.25, -0.2) is 0 Å². The SMILES string of the molecule is CC1OCCCCS1.CC1OCCS1. The molecule has 2 saturated heterocycles. The van der Waals surface area contributed by atoms with Crippen molar-refractivity contribution in [1.29, 1.82) is 0 Å². The highest BCUT2D eigenvalue weighted by molar-refractivity contribution is 8.00. The Morgan fingerprint density at radius 2 is 1.50 bits per heavy atom. The smallest absolute Gasteiger partial charge is 0.100 e. The van der Waals surface area contributed by atoms with Crippen LogP contribution in [0.5, 0.6) is 0 Å². The molecule has 2 atom stereocenters. The van der Waals surface area contributed by atoms with Crippen LogP contribution in [0.1, 0.15) is 26.7 Å². The van der Waals surface area contributed by atoms with Crippen molar-refractivity contribution in [2.75, 3.05) is 24.7 Å². The summed E-state index contributed by atoms with van der Waals surface area (Å²) in [7, 11) is 0. The van der Waals surface area contributed by atoms with Crippen LogP contribution in [0.15, 0.2) is 0 Å². The van der Waals surface area contributed by atoms with Crippen molar-refractivity contribution in [3.05, 3.63) is 0 Å². The van der Waals surface area contributed by atoms with Crippen LogP contribution < -0.4 is 0 Å². The van der Waals surface area contributed by atoms with Crippen molar-refractivity contribution < 1.29 is 9.47 Å². The first-order valence-electron chi connectivity index (χ1n) is 5.25. The van der Waals surface area contributed by atoms with Crippen LogP contribution in [0.2, 0.25) is 0 Å². The normalized spacial score (nSPS) is 33.0. The fourth-order valence-corrected chi connectivity index (χ4v) is 2.84. The number of thioether (sulfide) groups is 2. The van der Waals surface area contributed by atoms with E-state index in [9.17, 15) is 0 Å². The molecular weight excluding hydrogens is 216 g/mol. The molecule has 2 rings (SSSR count). The number of ether oxygens (including phenoxy) is 2. The summed E-state index contributed by atoms with van der Waals surface area (Å²) in [5, 5.41) is 0. The molecule has 0 aliphatic carbocycles. The highest BCUT2D eigenvalue weighted by Crippen LogP contribution is 2.18. The van der Waals surface area contributed by atoms with E-state index in [1.807, 2.05) is 23.5 Å². The first-order valence-corrected chi connectivity index (χ1v) is 7.35. The first-order chi connectivity index (χ1) is 6.79. The van der Waals surface area contributed by atoms with Crippen molar-refractivity contribution in [2.24, 2.45) is 0 Å². The van der Waals surface area contributed by atoms with Crippen LogP contribution in [-0.2, 0) is 9.47 Å². The topological polar surface area (TPSA) is 18.5 Å². The molecule has 0 aromatic rings. The molecule has 0 amide bonds. The zero-order chi connectivity index (χ0) is 10.2. The highest BCUT2D eigenvalue weighted by Gasteiger charge is 2.07. The Bertz CT molecular complexity index is 130. The van der Waals surface area contributed by atoms with Crippen LogP contribution >= 0.6 is 23.5 Å². The molecule has 0 radical (unpaired) electrons. The van der Waals surface area contributed by atoms with E-state index in [0.717, 1.165) is 13.2 Å². The van der Waals surface area contributed by atoms with Gasteiger partial charge in [-0.15, -0.1) is 23.5 Å². The van der Waals surface area contributed by atoms with Gasteiger partial charge in [-0.3, -0.25) is 0 Å². The molecule has 2 heterocycles. The zero-order valence-corrected chi connectivity index (χ0v) is 10.7. The Balaban J connectivity index is 0.000000146. The van der Waals surface area contributed by atoms with E-state index < -0.39 is 0 Å². The van der Waals surface area contributed by atoms with Gasteiger partial charge in [-0.05, 0) is 32.4 Å². The maximum absolute atomic E-state index is 5.37. The Labute approximate surface area is 95.5 Å². The minimum Gasteiger partial charge on any atom is -0.368 e. The van der Waals surface area contributed by atoms with Gasteiger partial charge in [-0.1, -0.05) is 0 Å². The third kappa shape index (κ3) is 6.17. The molecule has 2 unspecified atom stereocenters. The number of hydrogen-bond donors (Lipinski definition) is 0. The molecule has 0 bridgehead atoms. The summed E-state index contributed by atoms with van der Waals surface area (Å²) in [5.41, 5.74) is 0.905. The lowest BCUT2D eigenvalue weighted by atomic mass is 10.4. The fraction of sp³-hybridized carbons (Fsp3) is 1.00. The van der Waals surface area contributed by atoms with Gasteiger partial charge < -0.3 is 9.47 Å². The zero-order valence-electron chi connectivity index (χ0n) is 9.03. The monoisotopic (exact) mass is 236 g/mol. The van der Waals surface area contributed by atoms with E-state index in [2.05, 4.69) is 13.8 Å². The molecule has 0 aromatic heterocycles. The lowest BCUT2D eigenvalue weighted by molar-refractivity contribution is 0.125. The Morgan fingerprint density at radius 3 is 2.00 bits per heavy atom. The van der Waals surface area contributed by atoms with Crippen molar-refractivity contribution >= 4 is 23.5 Å². The third-order valence-corrected chi connectivity index (χ3v) is 4.17. The number of rotatable bonds is 0. The van der Waals surface area contributed by atoms with Gasteiger partial charge in [0.25, 0.3) is 0 Å². The minimum absolute atomic E-state index is 0.442. The molecule has 2 nitrogen and oxygen atoms in total. The highest BCUT2D eigenvalue weighted by atomic mass is 32.2. The second-order valence-electron chi connectivity index (χ2n) is 3.33. The maximum atomic E-state index is 5.37. The minimum atomic E-state index is 0.442. The van der Waals surface area contributed by atoms with Crippen LogP contribution in [0.25, 0.3) is 0 Å².